The molecule has 0 aliphatic heterocycles. The third-order valence-corrected chi connectivity index (χ3v) is 2.67. The van der Waals surface area contributed by atoms with Crippen LogP contribution in [0.5, 0.6) is 0 Å². The second kappa shape index (κ2) is 4.45. The van der Waals surface area contributed by atoms with Crippen molar-refractivity contribution in [2.45, 2.75) is 25.9 Å². The van der Waals surface area contributed by atoms with E-state index in [1.165, 1.54) is 5.56 Å². The standard InChI is InChI=1S/C12H16N4/c1-9(13)12-8-16(15-14-12)10(2)11-6-4-3-5-7-11/h3-10H,13H2,1-2H3. The molecule has 2 rings (SSSR count). The van der Waals surface area contributed by atoms with E-state index in [-0.39, 0.29) is 12.1 Å². The first-order valence-electron chi connectivity index (χ1n) is 5.40. The fraction of sp³-hybridized carbons (Fsp3) is 0.333. The second-order valence-corrected chi connectivity index (χ2v) is 4.00. The Balaban J connectivity index is 2.24. The molecule has 0 bridgehead atoms. The maximum Gasteiger partial charge on any atom is 0.0991 e. The van der Waals surface area contributed by atoms with E-state index in [0.29, 0.717) is 0 Å². The average molecular weight is 216 g/mol. The number of aromatic nitrogens is 3. The van der Waals surface area contributed by atoms with Gasteiger partial charge in [-0.25, -0.2) is 4.68 Å². The summed E-state index contributed by atoms with van der Waals surface area (Å²) in [5.41, 5.74) is 7.78. The van der Waals surface area contributed by atoms with Gasteiger partial charge in [-0.1, -0.05) is 35.5 Å². The molecule has 0 saturated carbocycles. The molecule has 1 aromatic heterocycles. The molecule has 2 atom stereocenters. The van der Waals surface area contributed by atoms with Crippen molar-refractivity contribution >= 4 is 0 Å². The highest BCUT2D eigenvalue weighted by Gasteiger charge is 2.11. The highest BCUT2D eigenvalue weighted by Crippen LogP contribution is 2.17. The lowest BCUT2D eigenvalue weighted by Gasteiger charge is -2.11. The zero-order valence-corrected chi connectivity index (χ0v) is 9.54. The van der Waals surface area contributed by atoms with Crippen LogP contribution in [0.3, 0.4) is 0 Å². The Morgan fingerprint density at radius 1 is 1.19 bits per heavy atom. The van der Waals surface area contributed by atoms with Crippen LogP contribution in [0, 0.1) is 0 Å². The number of rotatable bonds is 3. The first kappa shape index (κ1) is 10.8. The van der Waals surface area contributed by atoms with Crippen molar-refractivity contribution in [1.29, 1.82) is 0 Å². The van der Waals surface area contributed by atoms with Gasteiger partial charge < -0.3 is 5.73 Å². The normalized spacial score (nSPS) is 14.7. The van der Waals surface area contributed by atoms with Crippen molar-refractivity contribution in [2.24, 2.45) is 5.73 Å². The van der Waals surface area contributed by atoms with Crippen LogP contribution in [0.15, 0.2) is 36.5 Å². The Kier molecular flexibility index (Phi) is 3.01. The highest BCUT2D eigenvalue weighted by molar-refractivity contribution is 5.19. The largest absolute Gasteiger partial charge is 0.323 e. The van der Waals surface area contributed by atoms with Crippen molar-refractivity contribution in [3.63, 3.8) is 0 Å². The van der Waals surface area contributed by atoms with Gasteiger partial charge >= 0.3 is 0 Å². The monoisotopic (exact) mass is 216 g/mol. The number of nitrogens with two attached hydrogens (primary N) is 1. The topological polar surface area (TPSA) is 56.7 Å². The third kappa shape index (κ3) is 2.12. The van der Waals surface area contributed by atoms with Crippen molar-refractivity contribution in [2.75, 3.05) is 0 Å². The third-order valence-electron chi connectivity index (χ3n) is 2.67. The van der Waals surface area contributed by atoms with E-state index >= 15 is 0 Å². The maximum atomic E-state index is 5.75. The average Bonchev–Trinajstić information content (AvgIpc) is 2.78. The summed E-state index contributed by atoms with van der Waals surface area (Å²) in [5, 5.41) is 8.15. The van der Waals surface area contributed by atoms with Crippen molar-refractivity contribution in [3.8, 4) is 0 Å². The van der Waals surface area contributed by atoms with Gasteiger partial charge in [0.05, 0.1) is 17.9 Å². The van der Waals surface area contributed by atoms with Crippen LogP contribution in [0.2, 0.25) is 0 Å². The molecule has 4 heteroatoms. The fourth-order valence-corrected chi connectivity index (χ4v) is 1.57. The first-order valence-corrected chi connectivity index (χ1v) is 5.40. The molecule has 0 aliphatic rings. The summed E-state index contributed by atoms with van der Waals surface area (Å²) in [4.78, 5) is 0. The van der Waals surface area contributed by atoms with Crippen LogP contribution in [0.1, 0.15) is 37.2 Å². The Morgan fingerprint density at radius 2 is 1.88 bits per heavy atom. The molecule has 0 fully saturated rings. The number of hydrogen-bond acceptors (Lipinski definition) is 3. The minimum atomic E-state index is -0.0725. The van der Waals surface area contributed by atoms with Gasteiger partial charge in [0.2, 0.25) is 0 Å². The van der Waals surface area contributed by atoms with Crippen molar-refractivity contribution in [3.05, 3.63) is 47.8 Å². The van der Waals surface area contributed by atoms with Crippen LogP contribution < -0.4 is 5.73 Å². The van der Waals surface area contributed by atoms with Gasteiger partial charge in [-0.15, -0.1) is 5.10 Å². The van der Waals surface area contributed by atoms with E-state index < -0.39 is 0 Å². The second-order valence-electron chi connectivity index (χ2n) is 4.00. The molecular formula is C12H16N4. The first-order chi connectivity index (χ1) is 7.68. The van der Waals surface area contributed by atoms with E-state index in [2.05, 4.69) is 29.4 Å². The Morgan fingerprint density at radius 3 is 2.44 bits per heavy atom. The van der Waals surface area contributed by atoms with Gasteiger partial charge in [-0.3, -0.25) is 0 Å². The summed E-state index contributed by atoms with van der Waals surface area (Å²) < 4.78 is 1.84. The molecule has 2 aromatic rings. The molecule has 1 heterocycles. The van der Waals surface area contributed by atoms with Gasteiger partial charge in [0, 0.05) is 6.04 Å². The summed E-state index contributed by atoms with van der Waals surface area (Å²) in [6, 6.07) is 10.3. The highest BCUT2D eigenvalue weighted by atomic mass is 15.4. The Bertz CT molecular complexity index is 447. The molecule has 0 spiro atoms. The molecule has 0 saturated heterocycles. The van der Waals surface area contributed by atoms with Gasteiger partial charge in [-0.2, -0.15) is 0 Å². The minimum absolute atomic E-state index is 0.0725. The molecule has 0 radical (unpaired) electrons. The Hall–Kier alpha value is -1.68. The van der Waals surface area contributed by atoms with Gasteiger partial charge in [0.15, 0.2) is 0 Å². The van der Waals surface area contributed by atoms with Crippen LogP contribution in [0.4, 0.5) is 0 Å². The molecular weight excluding hydrogens is 200 g/mol. The quantitative estimate of drug-likeness (QED) is 0.852. The molecule has 1 aromatic carbocycles. The summed E-state index contributed by atoms with van der Waals surface area (Å²) in [6.45, 7) is 4.00. The molecule has 0 amide bonds. The van der Waals surface area contributed by atoms with Gasteiger partial charge in [-0.05, 0) is 19.4 Å². The van der Waals surface area contributed by atoms with E-state index in [9.17, 15) is 0 Å². The summed E-state index contributed by atoms with van der Waals surface area (Å²) in [6.07, 6.45) is 1.91. The molecule has 2 unspecified atom stereocenters. The van der Waals surface area contributed by atoms with Crippen LogP contribution in [-0.2, 0) is 0 Å². The SMILES string of the molecule is CC(N)c1cn(C(C)c2ccccc2)nn1. The number of nitrogens with zero attached hydrogens (tertiary/aromatic N) is 3. The van der Waals surface area contributed by atoms with Crippen LogP contribution in [0.25, 0.3) is 0 Å². The minimum Gasteiger partial charge on any atom is -0.323 e. The zero-order chi connectivity index (χ0) is 11.5. The summed E-state index contributed by atoms with van der Waals surface area (Å²) >= 11 is 0. The predicted molar refractivity (Wildman–Crippen MR) is 62.9 cm³/mol. The van der Waals surface area contributed by atoms with Crippen molar-refractivity contribution in [1.82, 2.24) is 15.0 Å². The van der Waals surface area contributed by atoms with Crippen molar-refractivity contribution < 1.29 is 0 Å². The smallest absolute Gasteiger partial charge is 0.0991 e. The molecule has 4 nitrogen and oxygen atoms in total. The van der Waals surface area contributed by atoms with E-state index in [0.717, 1.165) is 5.69 Å². The molecule has 0 aliphatic carbocycles. The zero-order valence-electron chi connectivity index (χ0n) is 9.54. The van der Waals surface area contributed by atoms with Gasteiger partial charge in [0.1, 0.15) is 0 Å². The lowest BCUT2D eigenvalue weighted by Crippen LogP contribution is -2.07. The van der Waals surface area contributed by atoms with Gasteiger partial charge in [0.25, 0.3) is 0 Å². The maximum absolute atomic E-state index is 5.75. The lowest BCUT2D eigenvalue weighted by atomic mass is 10.1. The van der Waals surface area contributed by atoms with E-state index in [1.54, 1.807) is 0 Å². The van der Waals surface area contributed by atoms with Crippen LogP contribution >= 0.6 is 0 Å². The number of hydrogen-bond donors (Lipinski definition) is 1. The molecule has 16 heavy (non-hydrogen) atoms. The summed E-state index contributed by atoms with van der Waals surface area (Å²) in [7, 11) is 0. The summed E-state index contributed by atoms with van der Waals surface area (Å²) in [5.74, 6) is 0. The lowest BCUT2D eigenvalue weighted by molar-refractivity contribution is 0.543. The number of benzene rings is 1. The molecule has 84 valence electrons. The fourth-order valence-electron chi connectivity index (χ4n) is 1.57. The van der Waals surface area contributed by atoms with Crippen LogP contribution in [-0.4, -0.2) is 15.0 Å². The predicted octanol–water partition coefficient (Wildman–Crippen LogP) is 1.91. The Labute approximate surface area is 95.1 Å². The van der Waals surface area contributed by atoms with E-state index in [4.69, 9.17) is 5.73 Å². The molecule has 2 N–H and O–H groups in total. The van der Waals surface area contributed by atoms with E-state index in [1.807, 2.05) is 36.0 Å².